The molecule has 0 unspecified atom stereocenters. The molecule has 0 radical (unpaired) electrons. The van der Waals surface area contributed by atoms with Crippen LogP contribution in [0.15, 0.2) is 6.33 Å². The van der Waals surface area contributed by atoms with Gasteiger partial charge in [0.25, 0.3) is 0 Å². The molecule has 0 saturated heterocycles. The highest BCUT2D eigenvalue weighted by Crippen LogP contribution is 2.06. The molecule has 0 spiro atoms. The number of rotatable bonds is 4. The van der Waals surface area contributed by atoms with E-state index >= 15 is 0 Å². The summed E-state index contributed by atoms with van der Waals surface area (Å²) in [6.45, 7) is 6.16. The zero-order valence-electron chi connectivity index (χ0n) is 8.73. The van der Waals surface area contributed by atoms with Crippen molar-refractivity contribution in [3.05, 3.63) is 12.2 Å². The molecule has 0 aliphatic rings. The third kappa shape index (κ3) is 2.55. The second kappa shape index (κ2) is 4.74. The van der Waals surface area contributed by atoms with Gasteiger partial charge in [-0.15, -0.1) is 0 Å². The lowest BCUT2D eigenvalue weighted by Crippen LogP contribution is -2.14. The van der Waals surface area contributed by atoms with Crippen LogP contribution in [0.5, 0.6) is 0 Å². The van der Waals surface area contributed by atoms with E-state index < -0.39 is 0 Å². The minimum absolute atomic E-state index is 0.187. The third-order valence-electron chi connectivity index (χ3n) is 1.74. The first-order valence-corrected chi connectivity index (χ1v) is 4.69. The van der Waals surface area contributed by atoms with Crippen molar-refractivity contribution in [1.29, 1.82) is 0 Å². The van der Waals surface area contributed by atoms with Crippen LogP contribution in [0.2, 0.25) is 0 Å². The number of nitrogens with zero attached hydrogens (tertiary/aromatic N) is 3. The lowest BCUT2D eigenvalue weighted by molar-refractivity contribution is -0.142. The van der Waals surface area contributed by atoms with E-state index in [1.54, 1.807) is 11.6 Å². The summed E-state index contributed by atoms with van der Waals surface area (Å²) in [5.41, 5.74) is 0. The van der Waals surface area contributed by atoms with Crippen molar-refractivity contribution in [2.24, 2.45) is 0 Å². The fourth-order valence-corrected chi connectivity index (χ4v) is 1.17. The summed E-state index contributed by atoms with van der Waals surface area (Å²) >= 11 is 0. The number of aromatic nitrogens is 3. The van der Waals surface area contributed by atoms with Crippen LogP contribution in [0.1, 0.15) is 32.6 Å². The number of carbonyl (C=O) groups excluding carboxylic acids is 1. The van der Waals surface area contributed by atoms with E-state index in [2.05, 4.69) is 10.1 Å². The van der Waals surface area contributed by atoms with Crippen molar-refractivity contribution in [2.75, 3.05) is 6.61 Å². The van der Waals surface area contributed by atoms with E-state index in [0.717, 1.165) is 0 Å². The average molecular weight is 197 g/mol. The molecule has 0 saturated carbocycles. The Labute approximate surface area is 83.1 Å². The van der Waals surface area contributed by atoms with Crippen molar-refractivity contribution < 1.29 is 9.53 Å². The van der Waals surface area contributed by atoms with Crippen LogP contribution >= 0.6 is 0 Å². The number of carbonyl (C=O) groups is 1. The SMILES string of the molecule is CCOC(=O)Cc1ncnn1C(C)C. The van der Waals surface area contributed by atoms with Crippen molar-refractivity contribution >= 4 is 5.97 Å². The predicted octanol–water partition coefficient (Wildman–Crippen LogP) is 0.965. The summed E-state index contributed by atoms with van der Waals surface area (Å²) in [4.78, 5) is 15.2. The Kier molecular flexibility index (Phi) is 3.62. The molecule has 1 rings (SSSR count). The normalized spacial score (nSPS) is 10.6. The smallest absolute Gasteiger partial charge is 0.313 e. The quantitative estimate of drug-likeness (QED) is 0.675. The second-order valence-electron chi connectivity index (χ2n) is 3.20. The zero-order chi connectivity index (χ0) is 10.6. The molecule has 0 aliphatic heterocycles. The monoisotopic (exact) mass is 197 g/mol. The number of hydrogen-bond donors (Lipinski definition) is 0. The zero-order valence-corrected chi connectivity index (χ0v) is 8.73. The van der Waals surface area contributed by atoms with Gasteiger partial charge in [0.2, 0.25) is 0 Å². The van der Waals surface area contributed by atoms with Gasteiger partial charge < -0.3 is 4.74 Å². The van der Waals surface area contributed by atoms with Gasteiger partial charge in [0.15, 0.2) is 0 Å². The second-order valence-corrected chi connectivity index (χ2v) is 3.20. The van der Waals surface area contributed by atoms with Crippen LogP contribution in [0.25, 0.3) is 0 Å². The number of ether oxygens (including phenoxy) is 1. The Morgan fingerprint density at radius 2 is 2.36 bits per heavy atom. The summed E-state index contributed by atoms with van der Waals surface area (Å²) < 4.78 is 6.55. The molecule has 0 bridgehead atoms. The Morgan fingerprint density at radius 3 is 2.93 bits per heavy atom. The molecule has 0 fully saturated rings. The van der Waals surface area contributed by atoms with Crippen molar-refractivity contribution in [2.45, 2.75) is 33.2 Å². The minimum atomic E-state index is -0.262. The van der Waals surface area contributed by atoms with Gasteiger partial charge in [-0.05, 0) is 20.8 Å². The van der Waals surface area contributed by atoms with Crippen molar-refractivity contribution in [3.63, 3.8) is 0 Å². The van der Waals surface area contributed by atoms with Crippen molar-refractivity contribution in [1.82, 2.24) is 14.8 Å². The molecule has 0 atom stereocenters. The molecule has 0 amide bonds. The van der Waals surface area contributed by atoms with Gasteiger partial charge in [0.05, 0.1) is 6.61 Å². The summed E-state index contributed by atoms with van der Waals surface area (Å²) in [5.74, 6) is 0.390. The summed E-state index contributed by atoms with van der Waals surface area (Å²) in [6.07, 6.45) is 1.64. The van der Waals surface area contributed by atoms with Gasteiger partial charge in [0, 0.05) is 6.04 Å². The Bertz CT molecular complexity index is 307. The van der Waals surface area contributed by atoms with E-state index in [9.17, 15) is 4.79 Å². The van der Waals surface area contributed by atoms with Crippen LogP contribution in [-0.4, -0.2) is 27.3 Å². The van der Waals surface area contributed by atoms with Gasteiger partial charge in [0.1, 0.15) is 18.6 Å². The van der Waals surface area contributed by atoms with Crippen LogP contribution < -0.4 is 0 Å². The van der Waals surface area contributed by atoms with E-state index in [1.165, 1.54) is 6.33 Å². The molecule has 1 aromatic rings. The van der Waals surface area contributed by atoms with Gasteiger partial charge in [-0.25, -0.2) is 9.67 Å². The van der Waals surface area contributed by atoms with E-state index in [4.69, 9.17) is 4.74 Å². The molecule has 5 heteroatoms. The molecule has 0 aliphatic carbocycles. The Balaban J connectivity index is 2.66. The number of esters is 1. The van der Waals surface area contributed by atoms with E-state index in [1.807, 2.05) is 13.8 Å². The standard InChI is InChI=1S/C9H15N3O2/c1-4-14-9(13)5-8-10-6-11-12(8)7(2)3/h6-7H,4-5H2,1-3H3. The maximum absolute atomic E-state index is 11.2. The minimum Gasteiger partial charge on any atom is -0.466 e. The molecule has 78 valence electrons. The Morgan fingerprint density at radius 1 is 1.64 bits per heavy atom. The van der Waals surface area contributed by atoms with Gasteiger partial charge in [-0.2, -0.15) is 5.10 Å². The fourth-order valence-electron chi connectivity index (χ4n) is 1.17. The molecular weight excluding hydrogens is 182 g/mol. The molecule has 14 heavy (non-hydrogen) atoms. The molecule has 0 N–H and O–H groups in total. The molecule has 5 nitrogen and oxygen atoms in total. The lowest BCUT2D eigenvalue weighted by atomic mass is 10.3. The first kappa shape index (κ1) is 10.7. The Hall–Kier alpha value is -1.39. The van der Waals surface area contributed by atoms with Crippen LogP contribution in [0, 0.1) is 0 Å². The maximum Gasteiger partial charge on any atom is 0.313 e. The van der Waals surface area contributed by atoms with Crippen LogP contribution in [-0.2, 0) is 16.0 Å². The average Bonchev–Trinajstić information content (AvgIpc) is 2.52. The molecular formula is C9H15N3O2. The topological polar surface area (TPSA) is 57.0 Å². The highest BCUT2D eigenvalue weighted by molar-refractivity contribution is 5.71. The summed E-state index contributed by atoms with van der Waals surface area (Å²) in [6, 6.07) is 0.210. The summed E-state index contributed by atoms with van der Waals surface area (Å²) in [5, 5.41) is 4.03. The van der Waals surface area contributed by atoms with E-state index in [-0.39, 0.29) is 18.4 Å². The first-order valence-electron chi connectivity index (χ1n) is 4.69. The predicted molar refractivity (Wildman–Crippen MR) is 50.7 cm³/mol. The van der Waals surface area contributed by atoms with Gasteiger partial charge >= 0.3 is 5.97 Å². The maximum atomic E-state index is 11.2. The largest absolute Gasteiger partial charge is 0.466 e. The van der Waals surface area contributed by atoms with Crippen LogP contribution in [0.3, 0.4) is 0 Å². The third-order valence-corrected chi connectivity index (χ3v) is 1.74. The molecule has 1 aromatic heterocycles. The van der Waals surface area contributed by atoms with Crippen LogP contribution in [0.4, 0.5) is 0 Å². The van der Waals surface area contributed by atoms with Gasteiger partial charge in [-0.3, -0.25) is 4.79 Å². The number of hydrogen-bond acceptors (Lipinski definition) is 4. The fraction of sp³-hybridized carbons (Fsp3) is 0.667. The lowest BCUT2D eigenvalue weighted by Gasteiger charge is -2.08. The van der Waals surface area contributed by atoms with Crippen molar-refractivity contribution in [3.8, 4) is 0 Å². The van der Waals surface area contributed by atoms with E-state index in [0.29, 0.717) is 12.4 Å². The highest BCUT2D eigenvalue weighted by Gasteiger charge is 2.12. The molecule has 0 aromatic carbocycles. The van der Waals surface area contributed by atoms with Gasteiger partial charge in [-0.1, -0.05) is 0 Å². The highest BCUT2D eigenvalue weighted by atomic mass is 16.5. The summed E-state index contributed by atoms with van der Waals surface area (Å²) in [7, 11) is 0. The molecule has 1 heterocycles. The first-order chi connectivity index (χ1) is 6.65.